The van der Waals surface area contributed by atoms with Crippen molar-refractivity contribution in [1.29, 1.82) is 0 Å². The van der Waals surface area contributed by atoms with Gasteiger partial charge in [-0.1, -0.05) is 19.6 Å². The lowest BCUT2D eigenvalue weighted by Crippen LogP contribution is -2.56. The molecule has 0 radical (unpaired) electrons. The van der Waals surface area contributed by atoms with Crippen molar-refractivity contribution in [2.75, 3.05) is 20.3 Å². The van der Waals surface area contributed by atoms with Crippen LogP contribution in [0.1, 0.15) is 49.0 Å². The number of halogens is 7. The van der Waals surface area contributed by atoms with Gasteiger partial charge in [0.2, 0.25) is 11.8 Å². The molecule has 0 unspecified atom stereocenters. The monoisotopic (exact) mass is 711 g/mol. The third-order valence-corrected chi connectivity index (χ3v) is 10.5. The van der Waals surface area contributed by atoms with Crippen LogP contribution in [0.2, 0.25) is 25.7 Å². The number of methoxy groups -OCH3 is 1. The Hall–Kier alpha value is -3.25. The fourth-order valence-electron chi connectivity index (χ4n) is 5.84. The zero-order valence-corrected chi connectivity index (χ0v) is 28.0. The molecule has 2 aromatic rings. The van der Waals surface area contributed by atoms with E-state index in [1.54, 1.807) is 0 Å². The van der Waals surface area contributed by atoms with E-state index < -0.39 is 93.2 Å². The van der Waals surface area contributed by atoms with E-state index in [9.17, 15) is 45.4 Å². The van der Waals surface area contributed by atoms with Gasteiger partial charge in [-0.15, -0.1) is 0 Å². The largest absolute Gasteiger partial charge is 0.481 e. The number of amides is 2. The van der Waals surface area contributed by atoms with Crippen LogP contribution in [-0.2, 0) is 16.3 Å². The minimum absolute atomic E-state index is 0.0484. The summed E-state index contributed by atoms with van der Waals surface area (Å²) in [5.74, 6) is -3.76. The molecule has 2 aliphatic rings. The lowest BCUT2D eigenvalue weighted by Gasteiger charge is -2.40. The number of alkyl halides is 6. The predicted molar refractivity (Wildman–Crippen MR) is 161 cm³/mol. The highest BCUT2D eigenvalue weighted by molar-refractivity contribution is 6.76. The quantitative estimate of drug-likeness (QED) is 0.189. The van der Waals surface area contributed by atoms with Gasteiger partial charge < -0.3 is 24.8 Å². The van der Waals surface area contributed by atoms with E-state index in [-0.39, 0.29) is 43.1 Å². The van der Waals surface area contributed by atoms with E-state index in [4.69, 9.17) is 9.47 Å². The number of piperidine rings is 1. The summed E-state index contributed by atoms with van der Waals surface area (Å²) in [5, 5.41) is 16.6. The molecule has 4 rings (SSSR count). The number of hydrogen-bond acceptors (Lipinski definition) is 7. The summed E-state index contributed by atoms with van der Waals surface area (Å²) in [4.78, 5) is 31.0. The van der Waals surface area contributed by atoms with Crippen molar-refractivity contribution in [1.82, 2.24) is 25.0 Å². The van der Waals surface area contributed by atoms with Crippen LogP contribution >= 0.6 is 0 Å². The van der Waals surface area contributed by atoms with Crippen LogP contribution in [0.3, 0.4) is 0 Å². The molecule has 2 aromatic heterocycles. The van der Waals surface area contributed by atoms with Crippen molar-refractivity contribution >= 4 is 19.9 Å². The Morgan fingerprint density at radius 2 is 1.77 bits per heavy atom. The first-order valence-electron chi connectivity index (χ1n) is 15.5. The zero-order chi connectivity index (χ0) is 35.7. The number of pyridine rings is 1. The summed E-state index contributed by atoms with van der Waals surface area (Å²) in [7, 11) is -0.162. The summed E-state index contributed by atoms with van der Waals surface area (Å²) in [6.45, 7) is 6.08. The fraction of sp³-hybridized carbons (Fsp3) is 0.667. The SMILES string of the molecule is COc1cc(-c2cc(C(=O)N3CC[C@H](C(=O)NC4CCC(O)(C(F)(F)F)CC4)C[C@@H]3C(F)(F)F)nn2COCC[Si](C)(C)C)c(F)cn1. The van der Waals surface area contributed by atoms with Gasteiger partial charge in [-0.2, -0.15) is 31.4 Å². The third kappa shape index (κ3) is 8.85. The van der Waals surface area contributed by atoms with Crippen molar-refractivity contribution in [2.24, 2.45) is 5.92 Å². The minimum atomic E-state index is -4.93. The van der Waals surface area contributed by atoms with Gasteiger partial charge in [0.25, 0.3) is 5.91 Å². The van der Waals surface area contributed by atoms with Gasteiger partial charge in [-0.05, 0) is 50.6 Å². The first-order chi connectivity index (χ1) is 22.2. The van der Waals surface area contributed by atoms with Crippen molar-refractivity contribution in [3.63, 3.8) is 0 Å². The molecule has 2 N–H and O–H groups in total. The number of aliphatic hydroxyl groups is 1. The molecule has 1 saturated heterocycles. The standard InChI is InChI=1S/C30H40F7N5O5Si/c1-46-25-14-20(21(31)16-38-25)23-15-22(40-42(23)17-47-11-12-48(2,3)4)27(44)41-10-7-18(13-24(41)29(32,33)34)26(43)39-19-5-8-28(45,9-6-19)30(35,36)37/h14-16,18-19,24,45H,5-13,17H2,1-4H3,(H,39,43)/t18-,19?,24+,28?/m0/s1. The second-order valence-electron chi connectivity index (χ2n) is 13.6. The third-order valence-electron chi connectivity index (χ3n) is 8.82. The molecule has 2 atom stereocenters. The van der Waals surface area contributed by atoms with Crippen LogP contribution in [0.25, 0.3) is 11.3 Å². The van der Waals surface area contributed by atoms with Crippen molar-refractivity contribution in [2.45, 2.75) is 101 Å². The van der Waals surface area contributed by atoms with E-state index in [2.05, 4.69) is 35.0 Å². The van der Waals surface area contributed by atoms with Gasteiger partial charge in [0, 0.05) is 44.8 Å². The molecular formula is C30H40F7N5O5Si. The van der Waals surface area contributed by atoms with Crippen molar-refractivity contribution < 1.29 is 54.9 Å². The van der Waals surface area contributed by atoms with Crippen molar-refractivity contribution in [3.05, 3.63) is 29.8 Å². The molecule has 3 heterocycles. The summed E-state index contributed by atoms with van der Waals surface area (Å²) < 4.78 is 109. The zero-order valence-electron chi connectivity index (χ0n) is 27.0. The van der Waals surface area contributed by atoms with Crippen LogP contribution in [0.5, 0.6) is 5.88 Å². The van der Waals surface area contributed by atoms with E-state index in [1.165, 1.54) is 23.9 Å². The van der Waals surface area contributed by atoms with E-state index in [0.717, 1.165) is 12.2 Å². The smallest absolute Gasteiger partial charge is 0.417 e. The number of hydrogen-bond donors (Lipinski definition) is 2. The maximum atomic E-state index is 14.9. The molecule has 268 valence electrons. The van der Waals surface area contributed by atoms with Gasteiger partial charge in [-0.25, -0.2) is 14.1 Å². The van der Waals surface area contributed by atoms with Gasteiger partial charge in [0.05, 0.1) is 19.0 Å². The molecule has 48 heavy (non-hydrogen) atoms. The average Bonchev–Trinajstić information content (AvgIpc) is 3.42. The van der Waals surface area contributed by atoms with Crippen LogP contribution in [0.15, 0.2) is 18.3 Å². The average molecular weight is 712 g/mol. The van der Waals surface area contributed by atoms with Crippen LogP contribution in [0.4, 0.5) is 30.7 Å². The molecule has 18 heteroatoms. The fourth-order valence-corrected chi connectivity index (χ4v) is 6.60. The summed E-state index contributed by atoms with van der Waals surface area (Å²) in [6, 6.07) is 0.110. The molecule has 1 aliphatic carbocycles. The number of ether oxygens (including phenoxy) is 2. The van der Waals surface area contributed by atoms with Gasteiger partial charge in [0.15, 0.2) is 17.1 Å². The molecule has 1 aliphatic heterocycles. The van der Waals surface area contributed by atoms with E-state index in [0.29, 0.717) is 11.5 Å². The predicted octanol–water partition coefficient (Wildman–Crippen LogP) is 5.54. The van der Waals surface area contributed by atoms with Crippen LogP contribution in [-0.4, -0.2) is 95.0 Å². The summed E-state index contributed by atoms with van der Waals surface area (Å²) in [6.07, 6.45) is -11.5. The number of aromatic nitrogens is 3. The number of rotatable bonds is 10. The molecule has 2 fully saturated rings. The first kappa shape index (κ1) is 37.6. The maximum Gasteiger partial charge on any atom is 0.417 e. The molecule has 2 amide bonds. The molecule has 1 saturated carbocycles. The van der Waals surface area contributed by atoms with Gasteiger partial charge >= 0.3 is 12.4 Å². The molecule has 0 aromatic carbocycles. The Balaban J connectivity index is 1.52. The number of nitrogens with zero attached hydrogens (tertiary/aromatic N) is 4. The lowest BCUT2D eigenvalue weighted by molar-refractivity contribution is -0.270. The topological polar surface area (TPSA) is 119 Å². The molecule has 10 nitrogen and oxygen atoms in total. The highest BCUT2D eigenvalue weighted by Crippen LogP contribution is 2.42. The lowest BCUT2D eigenvalue weighted by atomic mass is 9.81. The molecule has 0 bridgehead atoms. The Labute approximate surface area is 274 Å². The molecule has 0 spiro atoms. The number of nitrogens with one attached hydrogen (secondary N) is 1. The number of likely N-dealkylation sites (tertiary alicyclic amines) is 1. The van der Waals surface area contributed by atoms with E-state index >= 15 is 0 Å². The highest BCUT2D eigenvalue weighted by atomic mass is 28.3. The Morgan fingerprint density at radius 3 is 2.35 bits per heavy atom. The number of carbonyl (C=O) groups excluding carboxylic acids is 2. The van der Waals surface area contributed by atoms with Gasteiger partial charge in [-0.3, -0.25) is 9.59 Å². The highest BCUT2D eigenvalue weighted by Gasteiger charge is 2.55. The Bertz CT molecular complexity index is 1450. The first-order valence-corrected chi connectivity index (χ1v) is 19.3. The van der Waals surface area contributed by atoms with E-state index in [1.807, 2.05) is 0 Å². The minimum Gasteiger partial charge on any atom is -0.481 e. The molecular weight excluding hydrogens is 671 g/mol. The van der Waals surface area contributed by atoms with Gasteiger partial charge in [0.1, 0.15) is 12.8 Å². The summed E-state index contributed by atoms with van der Waals surface area (Å²) >= 11 is 0. The van der Waals surface area contributed by atoms with Crippen molar-refractivity contribution in [3.8, 4) is 17.1 Å². The maximum absolute atomic E-state index is 14.9. The summed E-state index contributed by atoms with van der Waals surface area (Å²) in [5.41, 5.74) is -3.29. The Kier molecular flexibility index (Phi) is 11.2. The second-order valence-corrected chi connectivity index (χ2v) is 19.2. The normalized spacial score (nSPS) is 24.0. The second kappa shape index (κ2) is 14.3. The van der Waals surface area contributed by atoms with Crippen LogP contribution < -0.4 is 10.1 Å². The van der Waals surface area contributed by atoms with Crippen LogP contribution in [0, 0.1) is 11.7 Å². The number of carbonyl (C=O) groups is 2. The Morgan fingerprint density at radius 1 is 1.10 bits per heavy atom.